The molecular weight excluding hydrogens is 234 g/mol. The molecule has 0 aromatic rings. The first-order chi connectivity index (χ1) is 8.54. The predicted molar refractivity (Wildman–Crippen MR) is 68.5 cm³/mol. The molecule has 1 unspecified atom stereocenters. The second kappa shape index (κ2) is 7.07. The SMILES string of the molecule is CCOCC(O)CN1CCC(CC)(C(=O)O)CC1. The zero-order valence-electron chi connectivity index (χ0n) is 11.4. The number of aliphatic hydroxyl groups excluding tert-OH is 1. The Bertz CT molecular complexity index is 262. The first-order valence-corrected chi connectivity index (χ1v) is 6.75. The minimum Gasteiger partial charge on any atom is -0.481 e. The second-order valence-corrected chi connectivity index (χ2v) is 5.05. The van der Waals surface area contributed by atoms with E-state index in [0.717, 1.165) is 13.1 Å². The highest BCUT2D eigenvalue weighted by Gasteiger charge is 2.39. The topological polar surface area (TPSA) is 70.0 Å². The van der Waals surface area contributed by atoms with Crippen LogP contribution in [0, 0.1) is 5.41 Å². The van der Waals surface area contributed by atoms with Gasteiger partial charge in [-0.05, 0) is 39.3 Å². The Labute approximate surface area is 109 Å². The van der Waals surface area contributed by atoms with Crippen molar-refractivity contribution in [3.05, 3.63) is 0 Å². The Morgan fingerprint density at radius 2 is 2.00 bits per heavy atom. The minimum absolute atomic E-state index is 0.352. The van der Waals surface area contributed by atoms with Gasteiger partial charge in [0.1, 0.15) is 0 Å². The van der Waals surface area contributed by atoms with Crippen molar-refractivity contribution in [3.63, 3.8) is 0 Å². The molecule has 0 aliphatic carbocycles. The van der Waals surface area contributed by atoms with Crippen molar-refractivity contribution < 1.29 is 19.7 Å². The van der Waals surface area contributed by atoms with Gasteiger partial charge < -0.3 is 19.8 Å². The van der Waals surface area contributed by atoms with E-state index in [2.05, 4.69) is 4.90 Å². The van der Waals surface area contributed by atoms with Crippen LogP contribution in [-0.4, -0.2) is 60.0 Å². The van der Waals surface area contributed by atoms with Gasteiger partial charge in [-0.3, -0.25) is 4.79 Å². The van der Waals surface area contributed by atoms with E-state index in [-0.39, 0.29) is 0 Å². The molecule has 0 saturated carbocycles. The summed E-state index contributed by atoms with van der Waals surface area (Å²) in [4.78, 5) is 13.4. The van der Waals surface area contributed by atoms with E-state index in [1.807, 2.05) is 13.8 Å². The summed E-state index contributed by atoms with van der Waals surface area (Å²) in [7, 11) is 0. The molecule has 0 aromatic carbocycles. The summed E-state index contributed by atoms with van der Waals surface area (Å²) < 4.78 is 5.17. The van der Waals surface area contributed by atoms with Crippen molar-refractivity contribution in [2.75, 3.05) is 32.8 Å². The second-order valence-electron chi connectivity index (χ2n) is 5.05. The molecule has 0 spiro atoms. The van der Waals surface area contributed by atoms with Crippen LogP contribution in [0.15, 0.2) is 0 Å². The molecule has 18 heavy (non-hydrogen) atoms. The van der Waals surface area contributed by atoms with E-state index < -0.39 is 17.5 Å². The highest BCUT2D eigenvalue weighted by molar-refractivity contribution is 5.74. The quantitative estimate of drug-likeness (QED) is 0.712. The van der Waals surface area contributed by atoms with Gasteiger partial charge >= 0.3 is 5.97 Å². The molecule has 1 atom stereocenters. The molecule has 0 radical (unpaired) electrons. The number of hydrogen-bond acceptors (Lipinski definition) is 4. The van der Waals surface area contributed by atoms with Crippen LogP contribution in [0.1, 0.15) is 33.1 Å². The largest absolute Gasteiger partial charge is 0.481 e. The number of piperidine rings is 1. The van der Waals surface area contributed by atoms with Gasteiger partial charge in [0.25, 0.3) is 0 Å². The Hall–Kier alpha value is -0.650. The van der Waals surface area contributed by atoms with E-state index in [9.17, 15) is 15.0 Å². The van der Waals surface area contributed by atoms with Gasteiger partial charge in [0.15, 0.2) is 0 Å². The van der Waals surface area contributed by atoms with Crippen LogP contribution >= 0.6 is 0 Å². The summed E-state index contributed by atoms with van der Waals surface area (Å²) in [6.45, 7) is 6.84. The maximum absolute atomic E-state index is 11.3. The number of carboxylic acids is 1. The Morgan fingerprint density at radius 3 is 2.44 bits per heavy atom. The molecule has 0 aromatic heterocycles. The van der Waals surface area contributed by atoms with Crippen molar-refractivity contribution >= 4 is 5.97 Å². The van der Waals surface area contributed by atoms with Gasteiger partial charge in [-0.15, -0.1) is 0 Å². The average molecular weight is 259 g/mol. The lowest BCUT2D eigenvalue weighted by molar-refractivity contribution is -0.152. The predicted octanol–water partition coefficient (Wildman–Crippen LogP) is 0.961. The smallest absolute Gasteiger partial charge is 0.309 e. The van der Waals surface area contributed by atoms with Crippen molar-refractivity contribution in [3.8, 4) is 0 Å². The average Bonchev–Trinajstić information content (AvgIpc) is 2.37. The third-order valence-corrected chi connectivity index (χ3v) is 3.93. The van der Waals surface area contributed by atoms with Crippen LogP contribution in [0.25, 0.3) is 0 Å². The summed E-state index contributed by atoms with van der Waals surface area (Å²) in [6, 6.07) is 0. The molecule has 5 nitrogen and oxygen atoms in total. The number of hydrogen-bond donors (Lipinski definition) is 2. The zero-order chi connectivity index (χ0) is 13.6. The van der Waals surface area contributed by atoms with Crippen LogP contribution in [0.5, 0.6) is 0 Å². The van der Waals surface area contributed by atoms with Crippen LogP contribution in [-0.2, 0) is 9.53 Å². The van der Waals surface area contributed by atoms with Crippen molar-refractivity contribution in [1.29, 1.82) is 0 Å². The number of carbonyl (C=O) groups is 1. The molecule has 1 aliphatic rings. The molecule has 1 fully saturated rings. The first kappa shape index (κ1) is 15.4. The molecule has 1 rings (SSSR count). The molecular formula is C13H25NO4. The van der Waals surface area contributed by atoms with Gasteiger partial charge in [-0.25, -0.2) is 0 Å². The summed E-state index contributed by atoms with van der Waals surface area (Å²) in [5.41, 5.74) is -0.554. The van der Waals surface area contributed by atoms with Crippen LogP contribution < -0.4 is 0 Å². The maximum Gasteiger partial charge on any atom is 0.309 e. The molecule has 1 heterocycles. The van der Waals surface area contributed by atoms with Crippen LogP contribution in [0.3, 0.4) is 0 Å². The van der Waals surface area contributed by atoms with E-state index in [4.69, 9.17) is 4.74 Å². The highest BCUT2D eigenvalue weighted by atomic mass is 16.5. The summed E-state index contributed by atoms with van der Waals surface area (Å²) in [5, 5.41) is 19.0. The monoisotopic (exact) mass is 259 g/mol. The third kappa shape index (κ3) is 3.93. The van der Waals surface area contributed by atoms with E-state index in [0.29, 0.717) is 39.0 Å². The lowest BCUT2D eigenvalue weighted by Gasteiger charge is -2.38. The standard InChI is InChI=1S/C13H25NO4/c1-3-13(12(16)17)5-7-14(8-6-13)9-11(15)10-18-4-2/h11,15H,3-10H2,1-2H3,(H,16,17). The highest BCUT2D eigenvalue weighted by Crippen LogP contribution is 2.35. The number of β-amino-alcohol motifs (C(OH)–C–C–N with tert-alkyl or cyclic N) is 1. The molecule has 0 amide bonds. The van der Waals surface area contributed by atoms with Crippen LogP contribution in [0.2, 0.25) is 0 Å². The van der Waals surface area contributed by atoms with E-state index >= 15 is 0 Å². The van der Waals surface area contributed by atoms with E-state index in [1.165, 1.54) is 0 Å². The molecule has 1 saturated heterocycles. The summed E-state index contributed by atoms with van der Waals surface area (Å²) in [6.07, 6.45) is 1.53. The van der Waals surface area contributed by atoms with Gasteiger partial charge in [0, 0.05) is 13.2 Å². The van der Waals surface area contributed by atoms with Crippen LogP contribution in [0.4, 0.5) is 0 Å². The molecule has 1 aliphatic heterocycles. The summed E-state index contributed by atoms with van der Waals surface area (Å²) in [5.74, 6) is -0.681. The number of aliphatic carboxylic acids is 1. The molecule has 106 valence electrons. The third-order valence-electron chi connectivity index (χ3n) is 3.93. The minimum atomic E-state index is -0.681. The van der Waals surface area contributed by atoms with Gasteiger partial charge in [0.05, 0.1) is 18.1 Å². The number of nitrogens with zero attached hydrogens (tertiary/aromatic N) is 1. The fraction of sp³-hybridized carbons (Fsp3) is 0.923. The lowest BCUT2D eigenvalue weighted by Crippen LogP contribution is -2.46. The molecule has 2 N–H and O–H groups in total. The zero-order valence-corrected chi connectivity index (χ0v) is 11.4. The fourth-order valence-corrected chi connectivity index (χ4v) is 2.49. The number of aliphatic hydroxyl groups is 1. The maximum atomic E-state index is 11.3. The Kier molecular flexibility index (Phi) is 6.05. The van der Waals surface area contributed by atoms with Crippen molar-refractivity contribution in [2.45, 2.75) is 39.2 Å². The lowest BCUT2D eigenvalue weighted by atomic mass is 9.76. The number of ether oxygens (including phenoxy) is 1. The van der Waals surface area contributed by atoms with Gasteiger partial charge in [-0.2, -0.15) is 0 Å². The van der Waals surface area contributed by atoms with Crippen molar-refractivity contribution in [1.82, 2.24) is 4.90 Å². The number of likely N-dealkylation sites (tertiary alicyclic amines) is 1. The molecule has 5 heteroatoms. The van der Waals surface area contributed by atoms with Gasteiger partial charge in [-0.1, -0.05) is 6.92 Å². The normalized spacial score (nSPS) is 21.7. The Morgan fingerprint density at radius 1 is 1.39 bits per heavy atom. The van der Waals surface area contributed by atoms with Crippen molar-refractivity contribution in [2.24, 2.45) is 5.41 Å². The van der Waals surface area contributed by atoms with E-state index in [1.54, 1.807) is 0 Å². The summed E-state index contributed by atoms with van der Waals surface area (Å²) >= 11 is 0. The number of carboxylic acid groups (broad SMARTS) is 1. The number of rotatable bonds is 7. The molecule has 0 bridgehead atoms. The van der Waals surface area contributed by atoms with Gasteiger partial charge in [0.2, 0.25) is 0 Å². The fourth-order valence-electron chi connectivity index (χ4n) is 2.49. The first-order valence-electron chi connectivity index (χ1n) is 6.75. The Balaban J connectivity index is 2.37.